The van der Waals surface area contributed by atoms with Crippen molar-refractivity contribution in [1.82, 2.24) is 10.6 Å². The van der Waals surface area contributed by atoms with E-state index in [1.807, 2.05) is 0 Å². The Labute approximate surface area is 111 Å². The van der Waals surface area contributed by atoms with Crippen molar-refractivity contribution in [3.63, 3.8) is 0 Å². The molecule has 1 aromatic carbocycles. The number of carbonyl (C=O) groups excluding carboxylic acids is 1. The van der Waals surface area contributed by atoms with Gasteiger partial charge in [-0.05, 0) is 49.9 Å². The van der Waals surface area contributed by atoms with E-state index in [1.54, 1.807) is 0 Å². The number of amides is 1. The Morgan fingerprint density at radius 3 is 2.68 bits per heavy atom. The van der Waals surface area contributed by atoms with Crippen LogP contribution in [0.1, 0.15) is 24.8 Å². The van der Waals surface area contributed by atoms with E-state index in [-0.39, 0.29) is 11.9 Å². The fourth-order valence-corrected chi connectivity index (χ4v) is 2.29. The molecule has 0 bridgehead atoms. The first-order valence-electron chi connectivity index (χ1n) is 6.61. The molecule has 2 rings (SSSR count). The maximum Gasteiger partial charge on any atom is 0.237 e. The van der Waals surface area contributed by atoms with Crippen molar-refractivity contribution in [2.45, 2.75) is 31.7 Å². The average Bonchev–Trinajstić information content (AvgIpc) is 2.87. The summed E-state index contributed by atoms with van der Waals surface area (Å²) < 4.78 is 25.9. The topological polar surface area (TPSA) is 41.1 Å². The first kappa shape index (κ1) is 13.9. The highest BCUT2D eigenvalue weighted by atomic mass is 19.1. The molecular formula is C14H18F2N2O. The van der Waals surface area contributed by atoms with Crippen LogP contribution in [0.5, 0.6) is 0 Å². The van der Waals surface area contributed by atoms with Crippen molar-refractivity contribution >= 4 is 5.91 Å². The van der Waals surface area contributed by atoms with Gasteiger partial charge in [0.25, 0.3) is 0 Å². The molecule has 0 radical (unpaired) electrons. The number of hydrogen-bond acceptors (Lipinski definition) is 2. The predicted molar refractivity (Wildman–Crippen MR) is 68.7 cm³/mol. The van der Waals surface area contributed by atoms with E-state index in [0.29, 0.717) is 24.9 Å². The van der Waals surface area contributed by atoms with Gasteiger partial charge in [0.1, 0.15) is 11.6 Å². The number of nitrogens with one attached hydrogen (secondary N) is 2. The van der Waals surface area contributed by atoms with Crippen molar-refractivity contribution < 1.29 is 13.6 Å². The molecule has 1 aliphatic heterocycles. The number of benzene rings is 1. The molecule has 0 aliphatic carbocycles. The van der Waals surface area contributed by atoms with Crippen molar-refractivity contribution in [2.24, 2.45) is 0 Å². The van der Waals surface area contributed by atoms with Gasteiger partial charge in [0.15, 0.2) is 0 Å². The molecule has 1 amide bonds. The second kappa shape index (κ2) is 6.61. The smallest absolute Gasteiger partial charge is 0.237 e. The normalized spacial score (nSPS) is 18.5. The molecule has 0 saturated carbocycles. The molecule has 104 valence electrons. The van der Waals surface area contributed by atoms with Crippen LogP contribution in [0, 0.1) is 11.6 Å². The molecular weight excluding hydrogens is 250 g/mol. The maximum absolute atomic E-state index is 13.0. The molecule has 0 aromatic heterocycles. The SMILES string of the molecule is O=C(NCCCc1cc(F)cc(F)c1)C1CCCN1. The van der Waals surface area contributed by atoms with Crippen LogP contribution in [-0.2, 0) is 11.2 Å². The Hall–Kier alpha value is -1.49. The third-order valence-corrected chi connectivity index (χ3v) is 3.24. The number of hydrogen-bond donors (Lipinski definition) is 2. The zero-order chi connectivity index (χ0) is 13.7. The van der Waals surface area contributed by atoms with E-state index in [0.717, 1.165) is 25.5 Å². The molecule has 3 nitrogen and oxygen atoms in total. The second-order valence-electron chi connectivity index (χ2n) is 4.82. The highest BCUT2D eigenvalue weighted by molar-refractivity contribution is 5.81. The maximum atomic E-state index is 13.0. The van der Waals surface area contributed by atoms with Crippen LogP contribution in [0.15, 0.2) is 18.2 Å². The number of carbonyl (C=O) groups is 1. The fourth-order valence-electron chi connectivity index (χ4n) is 2.29. The van der Waals surface area contributed by atoms with Gasteiger partial charge in [0.2, 0.25) is 5.91 Å². The minimum atomic E-state index is -0.561. The monoisotopic (exact) mass is 268 g/mol. The summed E-state index contributed by atoms with van der Waals surface area (Å²) in [6.07, 6.45) is 3.12. The Kier molecular flexibility index (Phi) is 4.85. The first-order chi connectivity index (χ1) is 9.15. The third kappa shape index (κ3) is 4.28. The summed E-state index contributed by atoms with van der Waals surface area (Å²) in [6, 6.07) is 3.43. The summed E-state index contributed by atoms with van der Waals surface area (Å²) in [6.45, 7) is 1.41. The minimum Gasteiger partial charge on any atom is -0.355 e. The van der Waals surface area contributed by atoms with E-state index in [9.17, 15) is 13.6 Å². The summed E-state index contributed by atoms with van der Waals surface area (Å²) in [5.41, 5.74) is 0.616. The fraction of sp³-hybridized carbons (Fsp3) is 0.500. The Morgan fingerprint density at radius 2 is 2.05 bits per heavy atom. The molecule has 1 aliphatic rings. The summed E-state index contributed by atoms with van der Waals surface area (Å²) in [7, 11) is 0. The summed E-state index contributed by atoms with van der Waals surface area (Å²) >= 11 is 0. The molecule has 0 spiro atoms. The lowest BCUT2D eigenvalue weighted by Crippen LogP contribution is -2.40. The molecule has 19 heavy (non-hydrogen) atoms. The molecule has 1 unspecified atom stereocenters. The zero-order valence-corrected chi connectivity index (χ0v) is 10.7. The van der Waals surface area contributed by atoms with Crippen LogP contribution in [0.25, 0.3) is 0 Å². The van der Waals surface area contributed by atoms with Gasteiger partial charge in [-0.2, -0.15) is 0 Å². The van der Waals surface area contributed by atoms with Gasteiger partial charge in [-0.3, -0.25) is 4.79 Å². The Bertz CT molecular complexity index is 425. The number of halogens is 2. The first-order valence-corrected chi connectivity index (χ1v) is 6.61. The standard InChI is InChI=1S/C14H18F2N2O/c15-11-7-10(8-12(16)9-11)3-1-6-18-14(19)13-4-2-5-17-13/h7-9,13,17H,1-6H2,(H,18,19). The highest BCUT2D eigenvalue weighted by Gasteiger charge is 2.20. The van der Waals surface area contributed by atoms with E-state index in [1.165, 1.54) is 12.1 Å². The van der Waals surface area contributed by atoms with Crippen molar-refractivity contribution in [3.05, 3.63) is 35.4 Å². The van der Waals surface area contributed by atoms with Crippen molar-refractivity contribution in [2.75, 3.05) is 13.1 Å². The number of rotatable bonds is 5. The van der Waals surface area contributed by atoms with E-state index in [2.05, 4.69) is 10.6 Å². The van der Waals surface area contributed by atoms with Gasteiger partial charge in [0, 0.05) is 12.6 Å². The largest absolute Gasteiger partial charge is 0.355 e. The van der Waals surface area contributed by atoms with E-state index < -0.39 is 11.6 Å². The van der Waals surface area contributed by atoms with Crippen LogP contribution >= 0.6 is 0 Å². The van der Waals surface area contributed by atoms with E-state index in [4.69, 9.17) is 0 Å². The van der Waals surface area contributed by atoms with Crippen molar-refractivity contribution in [3.8, 4) is 0 Å². The molecule has 1 saturated heterocycles. The van der Waals surface area contributed by atoms with Gasteiger partial charge in [-0.15, -0.1) is 0 Å². The average molecular weight is 268 g/mol. The summed E-state index contributed by atoms with van der Waals surface area (Å²) in [4.78, 5) is 11.7. The van der Waals surface area contributed by atoms with Gasteiger partial charge in [0.05, 0.1) is 6.04 Å². The lowest BCUT2D eigenvalue weighted by Gasteiger charge is -2.10. The Morgan fingerprint density at radius 1 is 1.32 bits per heavy atom. The lowest BCUT2D eigenvalue weighted by atomic mass is 10.1. The molecule has 1 heterocycles. The quantitative estimate of drug-likeness (QED) is 0.799. The summed E-state index contributed by atoms with van der Waals surface area (Å²) in [5, 5.41) is 5.95. The van der Waals surface area contributed by atoms with Crippen LogP contribution < -0.4 is 10.6 Å². The zero-order valence-electron chi connectivity index (χ0n) is 10.7. The third-order valence-electron chi connectivity index (χ3n) is 3.24. The molecule has 2 N–H and O–H groups in total. The molecule has 1 atom stereocenters. The van der Waals surface area contributed by atoms with Gasteiger partial charge < -0.3 is 10.6 Å². The lowest BCUT2D eigenvalue weighted by molar-refractivity contribution is -0.122. The van der Waals surface area contributed by atoms with Gasteiger partial charge >= 0.3 is 0 Å². The van der Waals surface area contributed by atoms with E-state index >= 15 is 0 Å². The van der Waals surface area contributed by atoms with Crippen LogP contribution in [0.4, 0.5) is 8.78 Å². The van der Waals surface area contributed by atoms with Gasteiger partial charge in [-0.1, -0.05) is 0 Å². The summed E-state index contributed by atoms with van der Waals surface area (Å²) in [5.74, 6) is -1.11. The minimum absolute atomic E-state index is 0.0166. The van der Waals surface area contributed by atoms with Crippen LogP contribution in [-0.4, -0.2) is 25.0 Å². The Balaban J connectivity index is 1.70. The molecule has 5 heteroatoms. The van der Waals surface area contributed by atoms with Crippen LogP contribution in [0.3, 0.4) is 0 Å². The molecule has 1 aromatic rings. The predicted octanol–water partition coefficient (Wildman–Crippen LogP) is 1.77. The molecule has 1 fully saturated rings. The second-order valence-corrected chi connectivity index (χ2v) is 4.82. The number of aryl methyl sites for hydroxylation is 1. The highest BCUT2D eigenvalue weighted by Crippen LogP contribution is 2.10. The van der Waals surface area contributed by atoms with Crippen LogP contribution in [0.2, 0.25) is 0 Å². The van der Waals surface area contributed by atoms with Crippen molar-refractivity contribution in [1.29, 1.82) is 0 Å². The van der Waals surface area contributed by atoms with Gasteiger partial charge in [-0.25, -0.2) is 8.78 Å².